The zero-order valence-electron chi connectivity index (χ0n) is 13.0. The molecule has 0 radical (unpaired) electrons. The van der Waals surface area contributed by atoms with Crippen molar-refractivity contribution in [1.82, 2.24) is 4.57 Å². The van der Waals surface area contributed by atoms with E-state index in [0.29, 0.717) is 5.56 Å². The van der Waals surface area contributed by atoms with Crippen molar-refractivity contribution in [1.29, 1.82) is 0 Å². The number of benzene rings is 2. The lowest BCUT2D eigenvalue weighted by Crippen LogP contribution is -2.17. The highest BCUT2D eigenvalue weighted by Gasteiger charge is 2.11. The molecule has 2 aromatic carbocycles. The van der Waals surface area contributed by atoms with Gasteiger partial charge >= 0.3 is 0 Å². The Morgan fingerprint density at radius 1 is 1.26 bits per heavy atom. The third-order valence-electron chi connectivity index (χ3n) is 3.59. The van der Waals surface area contributed by atoms with Crippen LogP contribution in [0.1, 0.15) is 29.3 Å². The van der Waals surface area contributed by atoms with Crippen LogP contribution >= 0.6 is 27.3 Å². The van der Waals surface area contributed by atoms with Crippen molar-refractivity contribution in [2.75, 3.05) is 0 Å². The summed E-state index contributed by atoms with van der Waals surface area (Å²) in [6.07, 6.45) is 0.996. The van der Waals surface area contributed by atoms with Gasteiger partial charge in [0.25, 0.3) is 5.91 Å². The van der Waals surface area contributed by atoms with Gasteiger partial charge in [0.05, 0.1) is 15.8 Å². The van der Waals surface area contributed by atoms with Crippen LogP contribution in [0.15, 0.2) is 51.9 Å². The Morgan fingerprint density at radius 3 is 2.78 bits per heavy atom. The second-order valence-corrected chi connectivity index (χ2v) is 7.27. The van der Waals surface area contributed by atoms with Crippen LogP contribution in [0.2, 0.25) is 0 Å². The molecule has 1 heterocycles. The van der Waals surface area contributed by atoms with Crippen molar-refractivity contribution < 1.29 is 4.79 Å². The summed E-state index contributed by atoms with van der Waals surface area (Å²) in [6.45, 7) is 5.06. The Kier molecular flexibility index (Phi) is 4.78. The van der Waals surface area contributed by atoms with Gasteiger partial charge in [-0.1, -0.05) is 36.5 Å². The van der Waals surface area contributed by atoms with E-state index in [1.807, 2.05) is 18.2 Å². The summed E-state index contributed by atoms with van der Waals surface area (Å²) in [6, 6.07) is 13.7. The average molecular weight is 389 g/mol. The molecule has 0 atom stereocenters. The van der Waals surface area contributed by atoms with Gasteiger partial charge in [0.1, 0.15) is 0 Å². The van der Waals surface area contributed by atoms with E-state index in [1.165, 1.54) is 5.56 Å². The first-order valence-electron chi connectivity index (χ1n) is 7.53. The van der Waals surface area contributed by atoms with Gasteiger partial charge in [-0.25, -0.2) is 0 Å². The summed E-state index contributed by atoms with van der Waals surface area (Å²) >= 11 is 4.99. The number of nitrogens with zero attached hydrogens (tertiary/aromatic N) is 2. The minimum Gasteiger partial charge on any atom is -0.316 e. The normalized spacial score (nSPS) is 12.0. The van der Waals surface area contributed by atoms with Crippen LogP contribution in [0.25, 0.3) is 10.2 Å². The molecule has 0 bridgehead atoms. The minimum absolute atomic E-state index is 0.217. The van der Waals surface area contributed by atoms with Crippen molar-refractivity contribution in [2.45, 2.75) is 26.8 Å². The molecule has 5 heteroatoms. The smallest absolute Gasteiger partial charge is 0.280 e. The molecule has 3 rings (SSSR count). The Bertz CT molecular complexity index is 940. The molecule has 0 aliphatic carbocycles. The molecule has 118 valence electrons. The molecule has 0 fully saturated rings. The van der Waals surface area contributed by atoms with Gasteiger partial charge in [-0.2, -0.15) is 4.99 Å². The Balaban J connectivity index is 2.16. The fraction of sp³-hybridized carbons (Fsp3) is 0.222. The van der Waals surface area contributed by atoms with E-state index in [4.69, 9.17) is 0 Å². The van der Waals surface area contributed by atoms with E-state index in [9.17, 15) is 4.79 Å². The maximum Gasteiger partial charge on any atom is 0.280 e. The predicted molar refractivity (Wildman–Crippen MR) is 98.9 cm³/mol. The Hall–Kier alpha value is -1.72. The summed E-state index contributed by atoms with van der Waals surface area (Å²) in [5.74, 6) is -0.217. The fourth-order valence-electron chi connectivity index (χ4n) is 2.49. The van der Waals surface area contributed by atoms with E-state index in [0.717, 1.165) is 32.5 Å². The number of aryl methyl sites for hydroxylation is 2. The quantitative estimate of drug-likeness (QED) is 0.626. The molecule has 0 aliphatic rings. The first-order chi connectivity index (χ1) is 11.1. The van der Waals surface area contributed by atoms with Gasteiger partial charge < -0.3 is 4.57 Å². The zero-order chi connectivity index (χ0) is 16.4. The van der Waals surface area contributed by atoms with Crippen LogP contribution < -0.4 is 4.80 Å². The van der Waals surface area contributed by atoms with Gasteiger partial charge in [-0.3, -0.25) is 4.79 Å². The Labute approximate surface area is 147 Å². The minimum atomic E-state index is -0.217. The molecule has 23 heavy (non-hydrogen) atoms. The number of hydrogen-bond acceptors (Lipinski definition) is 2. The summed E-state index contributed by atoms with van der Waals surface area (Å²) < 4.78 is 4.07. The molecule has 1 amide bonds. The third-order valence-corrected chi connectivity index (χ3v) is 5.32. The van der Waals surface area contributed by atoms with E-state index >= 15 is 0 Å². The molecule has 0 spiro atoms. The standard InChI is InChI=1S/C18H17BrN2OS/c1-3-10-21-15-9-8-12(2)11-16(15)23-18(21)20-17(22)13-6-4-5-7-14(13)19/h4-9,11H,3,10H2,1-2H3. The lowest BCUT2D eigenvalue weighted by atomic mass is 10.2. The molecule has 3 nitrogen and oxygen atoms in total. The maximum absolute atomic E-state index is 12.5. The van der Waals surface area contributed by atoms with Crippen LogP contribution in [-0.4, -0.2) is 10.5 Å². The van der Waals surface area contributed by atoms with Gasteiger partial charge in [0, 0.05) is 11.0 Å². The third kappa shape index (κ3) is 3.31. The number of carbonyl (C=O) groups is 1. The van der Waals surface area contributed by atoms with Gasteiger partial charge in [0.15, 0.2) is 4.80 Å². The van der Waals surface area contributed by atoms with E-state index in [1.54, 1.807) is 17.4 Å². The molecular weight excluding hydrogens is 372 g/mol. The zero-order valence-corrected chi connectivity index (χ0v) is 15.4. The van der Waals surface area contributed by atoms with Crippen molar-refractivity contribution in [3.8, 4) is 0 Å². The van der Waals surface area contributed by atoms with Crippen molar-refractivity contribution in [2.24, 2.45) is 4.99 Å². The number of halogens is 1. The van der Waals surface area contributed by atoms with Gasteiger partial charge in [-0.15, -0.1) is 0 Å². The highest BCUT2D eigenvalue weighted by Crippen LogP contribution is 2.20. The highest BCUT2D eigenvalue weighted by atomic mass is 79.9. The van der Waals surface area contributed by atoms with Crippen LogP contribution in [0, 0.1) is 6.92 Å². The monoisotopic (exact) mass is 388 g/mol. The highest BCUT2D eigenvalue weighted by molar-refractivity contribution is 9.10. The number of thiazole rings is 1. The first kappa shape index (κ1) is 16.1. The van der Waals surface area contributed by atoms with E-state index in [2.05, 4.69) is 57.5 Å². The molecule has 0 aliphatic heterocycles. The molecule has 0 unspecified atom stereocenters. The lowest BCUT2D eigenvalue weighted by molar-refractivity contribution is 0.0997. The van der Waals surface area contributed by atoms with Crippen molar-refractivity contribution in [3.05, 3.63) is 62.9 Å². The van der Waals surface area contributed by atoms with Gasteiger partial charge in [-0.05, 0) is 59.1 Å². The number of rotatable bonds is 3. The number of aromatic nitrogens is 1. The maximum atomic E-state index is 12.5. The second kappa shape index (κ2) is 6.81. The number of fused-ring (bicyclic) bond motifs is 1. The molecule has 0 saturated heterocycles. The van der Waals surface area contributed by atoms with Crippen LogP contribution in [-0.2, 0) is 6.54 Å². The van der Waals surface area contributed by atoms with Crippen LogP contribution in [0.5, 0.6) is 0 Å². The van der Waals surface area contributed by atoms with Gasteiger partial charge in [0.2, 0.25) is 0 Å². The topological polar surface area (TPSA) is 34.4 Å². The van der Waals surface area contributed by atoms with Crippen LogP contribution in [0.4, 0.5) is 0 Å². The summed E-state index contributed by atoms with van der Waals surface area (Å²) in [5, 5.41) is 0. The SMILES string of the molecule is CCCn1c(=NC(=O)c2ccccc2Br)sc2cc(C)ccc21. The number of hydrogen-bond donors (Lipinski definition) is 0. The molecule has 0 N–H and O–H groups in total. The molecule has 3 aromatic rings. The predicted octanol–water partition coefficient (Wildman–Crippen LogP) is 4.92. The molecule has 0 saturated carbocycles. The lowest BCUT2D eigenvalue weighted by Gasteiger charge is -2.03. The Morgan fingerprint density at radius 2 is 2.04 bits per heavy atom. The largest absolute Gasteiger partial charge is 0.316 e. The van der Waals surface area contributed by atoms with E-state index < -0.39 is 0 Å². The summed E-state index contributed by atoms with van der Waals surface area (Å²) in [7, 11) is 0. The first-order valence-corrected chi connectivity index (χ1v) is 9.14. The van der Waals surface area contributed by atoms with Crippen molar-refractivity contribution >= 4 is 43.4 Å². The van der Waals surface area contributed by atoms with E-state index in [-0.39, 0.29) is 5.91 Å². The number of amides is 1. The van der Waals surface area contributed by atoms with Crippen molar-refractivity contribution in [3.63, 3.8) is 0 Å². The summed E-state index contributed by atoms with van der Waals surface area (Å²) in [5.41, 5.74) is 2.94. The second-order valence-electron chi connectivity index (χ2n) is 5.40. The summed E-state index contributed by atoms with van der Waals surface area (Å²) in [4.78, 5) is 17.7. The fourth-order valence-corrected chi connectivity index (χ4v) is 4.09. The molecule has 1 aromatic heterocycles. The van der Waals surface area contributed by atoms with Crippen LogP contribution in [0.3, 0.4) is 0 Å². The number of carbonyl (C=O) groups excluding carboxylic acids is 1. The molecular formula is C18H17BrN2OS. The average Bonchev–Trinajstić information content (AvgIpc) is 2.84.